The van der Waals surface area contributed by atoms with E-state index in [2.05, 4.69) is 0 Å². The molecule has 0 aromatic heterocycles. The number of imide groups is 1. The van der Waals surface area contributed by atoms with Crippen molar-refractivity contribution in [1.29, 1.82) is 0 Å². The third-order valence-corrected chi connectivity index (χ3v) is 2.91. The van der Waals surface area contributed by atoms with E-state index in [-0.39, 0.29) is 11.8 Å². The van der Waals surface area contributed by atoms with Crippen LogP contribution in [0.1, 0.15) is 19.8 Å². The van der Waals surface area contributed by atoms with Gasteiger partial charge in [-0.25, -0.2) is 0 Å². The van der Waals surface area contributed by atoms with Crippen LogP contribution in [-0.4, -0.2) is 41.8 Å². The lowest BCUT2D eigenvalue weighted by Crippen LogP contribution is -2.33. The fourth-order valence-electron chi connectivity index (χ4n) is 2.11. The maximum atomic E-state index is 11.7. The van der Waals surface area contributed by atoms with Gasteiger partial charge in [0.15, 0.2) is 0 Å². The van der Waals surface area contributed by atoms with Gasteiger partial charge < -0.3 is 4.90 Å². The Labute approximate surface area is 83.2 Å². The van der Waals surface area contributed by atoms with Gasteiger partial charge in [-0.3, -0.25) is 14.5 Å². The molecule has 2 aliphatic rings. The molecule has 0 aromatic carbocycles. The summed E-state index contributed by atoms with van der Waals surface area (Å²) in [6, 6.07) is 0. The third-order valence-electron chi connectivity index (χ3n) is 2.91. The van der Waals surface area contributed by atoms with Crippen molar-refractivity contribution in [2.24, 2.45) is 0 Å². The molecule has 2 rings (SSSR count). The van der Waals surface area contributed by atoms with Crippen molar-refractivity contribution in [3.8, 4) is 0 Å². The van der Waals surface area contributed by atoms with Crippen LogP contribution < -0.4 is 0 Å². The summed E-state index contributed by atoms with van der Waals surface area (Å²) < 4.78 is 0. The summed E-state index contributed by atoms with van der Waals surface area (Å²) in [6.45, 7) is 3.69. The minimum absolute atomic E-state index is 0.108. The Balaban J connectivity index is 2.42. The van der Waals surface area contributed by atoms with E-state index >= 15 is 0 Å². The largest absolute Gasteiger partial charge is 0.367 e. The minimum Gasteiger partial charge on any atom is -0.367 e. The highest BCUT2D eigenvalue weighted by Gasteiger charge is 2.39. The fraction of sp³-hybridized carbons (Fsp3) is 0.600. The zero-order valence-corrected chi connectivity index (χ0v) is 8.54. The Bertz CT molecular complexity index is 333. The highest BCUT2D eigenvalue weighted by atomic mass is 16.2. The topological polar surface area (TPSA) is 40.6 Å². The van der Waals surface area contributed by atoms with Gasteiger partial charge in [-0.2, -0.15) is 0 Å². The number of nitrogens with zero attached hydrogens (tertiary/aromatic N) is 2. The molecule has 0 atom stereocenters. The van der Waals surface area contributed by atoms with Crippen LogP contribution in [-0.2, 0) is 9.59 Å². The molecule has 0 aromatic rings. The summed E-state index contributed by atoms with van der Waals surface area (Å²) >= 11 is 0. The number of carbonyl (C=O) groups is 2. The lowest BCUT2D eigenvalue weighted by molar-refractivity contribution is -0.136. The predicted octanol–water partition coefficient (Wildman–Crippen LogP) is 0.355. The van der Waals surface area contributed by atoms with E-state index in [1.54, 1.807) is 7.05 Å². The summed E-state index contributed by atoms with van der Waals surface area (Å²) in [4.78, 5) is 26.6. The predicted molar refractivity (Wildman–Crippen MR) is 51.3 cm³/mol. The van der Waals surface area contributed by atoms with Crippen LogP contribution in [0.15, 0.2) is 11.3 Å². The number of carbonyl (C=O) groups excluding carboxylic acids is 2. The molecule has 4 nitrogen and oxygen atoms in total. The summed E-state index contributed by atoms with van der Waals surface area (Å²) in [5.74, 6) is -0.241. The highest BCUT2D eigenvalue weighted by molar-refractivity contribution is 6.18. The fourth-order valence-corrected chi connectivity index (χ4v) is 2.11. The van der Waals surface area contributed by atoms with Crippen LogP contribution >= 0.6 is 0 Å². The molecule has 0 spiro atoms. The number of rotatable bonds is 1. The van der Waals surface area contributed by atoms with Gasteiger partial charge in [-0.05, 0) is 19.8 Å². The van der Waals surface area contributed by atoms with Crippen LogP contribution in [0.2, 0.25) is 0 Å². The van der Waals surface area contributed by atoms with Gasteiger partial charge in [-0.15, -0.1) is 0 Å². The average molecular weight is 194 g/mol. The maximum Gasteiger partial charge on any atom is 0.277 e. The van der Waals surface area contributed by atoms with E-state index in [0.717, 1.165) is 25.9 Å². The van der Waals surface area contributed by atoms with Crippen LogP contribution in [0.5, 0.6) is 0 Å². The van der Waals surface area contributed by atoms with Crippen molar-refractivity contribution in [1.82, 2.24) is 9.80 Å². The summed E-state index contributed by atoms with van der Waals surface area (Å²) in [5, 5.41) is 0. The summed E-state index contributed by atoms with van der Waals surface area (Å²) in [7, 11) is 1.55. The third kappa shape index (κ3) is 1.06. The van der Waals surface area contributed by atoms with Gasteiger partial charge in [0.1, 0.15) is 5.70 Å². The van der Waals surface area contributed by atoms with E-state index in [9.17, 15) is 9.59 Å². The zero-order chi connectivity index (χ0) is 10.3. The quantitative estimate of drug-likeness (QED) is 0.566. The number of hydrogen-bond acceptors (Lipinski definition) is 3. The Morgan fingerprint density at radius 3 is 2.64 bits per heavy atom. The normalized spacial score (nSPS) is 22.1. The molecular weight excluding hydrogens is 180 g/mol. The second-order valence-corrected chi connectivity index (χ2v) is 3.68. The minimum atomic E-state index is -0.133. The highest BCUT2D eigenvalue weighted by Crippen LogP contribution is 2.29. The molecule has 2 amide bonds. The first-order valence-corrected chi connectivity index (χ1v) is 4.97. The second kappa shape index (κ2) is 3.12. The molecule has 2 heterocycles. The first kappa shape index (κ1) is 9.24. The average Bonchev–Trinajstić information content (AvgIpc) is 2.44. The molecule has 2 aliphatic heterocycles. The van der Waals surface area contributed by atoms with Crippen molar-refractivity contribution in [3.63, 3.8) is 0 Å². The van der Waals surface area contributed by atoms with E-state index in [1.807, 2.05) is 11.8 Å². The summed E-state index contributed by atoms with van der Waals surface area (Å²) in [6.07, 6.45) is 1.72. The van der Waals surface area contributed by atoms with Gasteiger partial charge in [0.05, 0.1) is 0 Å². The molecule has 0 saturated carbocycles. The molecule has 14 heavy (non-hydrogen) atoms. The Morgan fingerprint density at radius 1 is 1.29 bits per heavy atom. The van der Waals surface area contributed by atoms with Gasteiger partial charge in [-0.1, -0.05) is 0 Å². The van der Waals surface area contributed by atoms with Crippen LogP contribution in [0, 0.1) is 0 Å². The molecule has 0 unspecified atom stereocenters. The van der Waals surface area contributed by atoms with Crippen molar-refractivity contribution < 1.29 is 9.59 Å². The van der Waals surface area contributed by atoms with Crippen LogP contribution in [0.25, 0.3) is 0 Å². The van der Waals surface area contributed by atoms with E-state index in [1.165, 1.54) is 4.90 Å². The maximum absolute atomic E-state index is 11.7. The lowest BCUT2D eigenvalue weighted by atomic mass is 10.0. The molecule has 0 bridgehead atoms. The molecule has 0 fully saturated rings. The molecular formula is C10H14N2O2. The van der Waals surface area contributed by atoms with Gasteiger partial charge in [0.2, 0.25) is 0 Å². The standard InChI is InChI=1S/C10H14N2O2/c1-3-12-6-4-5-7-8(12)10(14)11(2)9(7)13/h3-6H2,1-2H3. The molecule has 0 radical (unpaired) electrons. The van der Waals surface area contributed by atoms with Crippen molar-refractivity contribution >= 4 is 11.8 Å². The van der Waals surface area contributed by atoms with Crippen molar-refractivity contribution in [2.75, 3.05) is 20.1 Å². The Kier molecular flexibility index (Phi) is 2.06. The molecule has 0 aliphatic carbocycles. The molecule has 76 valence electrons. The van der Waals surface area contributed by atoms with Crippen molar-refractivity contribution in [3.05, 3.63) is 11.3 Å². The number of hydrogen-bond donors (Lipinski definition) is 0. The molecule has 4 heteroatoms. The first-order chi connectivity index (χ1) is 6.66. The van der Waals surface area contributed by atoms with Crippen LogP contribution in [0.3, 0.4) is 0 Å². The van der Waals surface area contributed by atoms with Crippen LogP contribution in [0.4, 0.5) is 0 Å². The first-order valence-electron chi connectivity index (χ1n) is 4.97. The Morgan fingerprint density at radius 2 is 2.00 bits per heavy atom. The molecule has 0 N–H and O–H groups in total. The molecule has 0 saturated heterocycles. The summed E-state index contributed by atoms with van der Waals surface area (Å²) in [5.41, 5.74) is 1.36. The number of amides is 2. The smallest absolute Gasteiger partial charge is 0.277 e. The van der Waals surface area contributed by atoms with Crippen molar-refractivity contribution in [2.45, 2.75) is 19.8 Å². The Hall–Kier alpha value is -1.32. The van der Waals surface area contributed by atoms with E-state index in [4.69, 9.17) is 0 Å². The SMILES string of the molecule is CCN1CCCC2=C1C(=O)N(C)C2=O. The number of likely N-dealkylation sites (N-methyl/N-ethyl adjacent to an activating group) is 2. The lowest BCUT2D eigenvalue weighted by Gasteiger charge is -2.27. The van der Waals surface area contributed by atoms with E-state index in [0.29, 0.717) is 11.3 Å². The van der Waals surface area contributed by atoms with Gasteiger partial charge in [0.25, 0.3) is 11.8 Å². The second-order valence-electron chi connectivity index (χ2n) is 3.68. The van der Waals surface area contributed by atoms with E-state index < -0.39 is 0 Å². The zero-order valence-electron chi connectivity index (χ0n) is 8.54. The monoisotopic (exact) mass is 194 g/mol. The van der Waals surface area contributed by atoms with Gasteiger partial charge in [0, 0.05) is 25.7 Å². The van der Waals surface area contributed by atoms with Gasteiger partial charge >= 0.3 is 0 Å².